The molecule has 4 nitrogen and oxygen atoms in total. The number of aromatic nitrogens is 2. The summed E-state index contributed by atoms with van der Waals surface area (Å²) in [6, 6.07) is 0.0279. The first-order chi connectivity index (χ1) is 8.29. The molecule has 2 aliphatic heterocycles. The van der Waals surface area contributed by atoms with Crippen molar-refractivity contribution < 1.29 is 4.74 Å². The molecule has 3 atom stereocenters. The van der Waals surface area contributed by atoms with Crippen LogP contribution in [-0.2, 0) is 4.74 Å². The Kier molecular flexibility index (Phi) is 3.38. The first kappa shape index (κ1) is 11.9. The highest BCUT2D eigenvalue weighted by molar-refractivity contribution is 7.99. The van der Waals surface area contributed by atoms with Crippen molar-refractivity contribution in [2.24, 2.45) is 11.7 Å². The van der Waals surface area contributed by atoms with Crippen molar-refractivity contribution in [1.29, 1.82) is 0 Å². The van der Waals surface area contributed by atoms with Crippen molar-refractivity contribution in [2.45, 2.75) is 30.9 Å². The Hall–Kier alpha value is -0.170. The van der Waals surface area contributed by atoms with Crippen LogP contribution in [0, 0.1) is 5.92 Å². The van der Waals surface area contributed by atoms with Gasteiger partial charge in [0.05, 0.1) is 17.3 Å². The van der Waals surface area contributed by atoms with Crippen LogP contribution < -0.4 is 5.73 Å². The van der Waals surface area contributed by atoms with Gasteiger partial charge in [0.15, 0.2) is 0 Å². The van der Waals surface area contributed by atoms with Crippen LogP contribution in [0.15, 0.2) is 5.38 Å². The highest BCUT2D eigenvalue weighted by Gasteiger charge is 2.42. The molecule has 3 rings (SSSR count). The summed E-state index contributed by atoms with van der Waals surface area (Å²) in [5, 5.41) is 6.07. The van der Waals surface area contributed by atoms with Gasteiger partial charge in [-0.3, -0.25) is 0 Å². The van der Waals surface area contributed by atoms with Gasteiger partial charge in [0.2, 0.25) is 0 Å². The van der Waals surface area contributed by atoms with E-state index in [1.165, 1.54) is 23.7 Å². The molecule has 0 bridgehead atoms. The smallest absolute Gasteiger partial charge is 0.0925 e. The summed E-state index contributed by atoms with van der Waals surface area (Å²) in [4.78, 5) is 0. The van der Waals surface area contributed by atoms with E-state index in [0.29, 0.717) is 5.92 Å². The number of ether oxygens (including phenoxy) is 1. The van der Waals surface area contributed by atoms with Gasteiger partial charge in [0.25, 0.3) is 0 Å². The number of rotatable bonds is 2. The minimum atomic E-state index is 0.0279. The van der Waals surface area contributed by atoms with E-state index < -0.39 is 0 Å². The molecule has 1 aromatic heterocycles. The lowest BCUT2D eigenvalue weighted by Crippen LogP contribution is -2.42. The molecule has 1 aromatic rings. The third-order valence-electron chi connectivity index (χ3n) is 3.82. The standard InChI is InChI=1S/C11H17N3OS2/c12-10(9-6-17-14-13-9)8-1-3-15-11(5-8)2-4-16-7-11/h6,8,10H,1-5,7,12H2. The Bertz CT molecular complexity index is 365. The van der Waals surface area contributed by atoms with Gasteiger partial charge in [-0.15, -0.1) is 5.10 Å². The van der Waals surface area contributed by atoms with Gasteiger partial charge in [0, 0.05) is 17.7 Å². The Labute approximate surface area is 109 Å². The summed E-state index contributed by atoms with van der Waals surface area (Å²) in [5.74, 6) is 2.84. The molecule has 2 N–H and O–H groups in total. The lowest BCUT2D eigenvalue weighted by molar-refractivity contribution is -0.0836. The fourth-order valence-corrected chi connectivity index (χ4v) is 4.67. The van der Waals surface area contributed by atoms with Crippen molar-refractivity contribution in [3.05, 3.63) is 11.1 Å². The lowest BCUT2D eigenvalue weighted by Gasteiger charge is -2.39. The van der Waals surface area contributed by atoms with E-state index in [0.717, 1.165) is 30.9 Å². The van der Waals surface area contributed by atoms with E-state index in [4.69, 9.17) is 10.5 Å². The van der Waals surface area contributed by atoms with Crippen LogP contribution in [0.25, 0.3) is 0 Å². The maximum atomic E-state index is 6.31. The Morgan fingerprint density at radius 2 is 2.53 bits per heavy atom. The van der Waals surface area contributed by atoms with Gasteiger partial charge in [-0.1, -0.05) is 4.49 Å². The van der Waals surface area contributed by atoms with Crippen LogP contribution in [0.3, 0.4) is 0 Å². The number of nitrogens with two attached hydrogens (primary N) is 1. The highest BCUT2D eigenvalue weighted by Crippen LogP contribution is 2.43. The predicted octanol–water partition coefficient (Wildman–Crippen LogP) is 1.84. The van der Waals surface area contributed by atoms with Crippen LogP contribution >= 0.6 is 23.3 Å². The third kappa shape index (κ3) is 2.36. The van der Waals surface area contributed by atoms with Gasteiger partial charge < -0.3 is 10.5 Å². The second kappa shape index (κ2) is 4.84. The molecule has 1 spiro atoms. The van der Waals surface area contributed by atoms with E-state index in [1.54, 1.807) is 0 Å². The number of hydrogen-bond acceptors (Lipinski definition) is 6. The molecule has 3 heterocycles. The van der Waals surface area contributed by atoms with Crippen molar-refractivity contribution in [1.82, 2.24) is 9.59 Å². The predicted molar refractivity (Wildman–Crippen MR) is 70.2 cm³/mol. The van der Waals surface area contributed by atoms with Crippen LogP contribution in [0.5, 0.6) is 0 Å². The summed E-state index contributed by atoms with van der Waals surface area (Å²) < 4.78 is 9.92. The third-order valence-corrected chi connectivity index (χ3v) is 5.57. The van der Waals surface area contributed by atoms with E-state index >= 15 is 0 Å². The van der Waals surface area contributed by atoms with Crippen molar-refractivity contribution >= 4 is 23.3 Å². The molecule has 0 amide bonds. The summed E-state index contributed by atoms with van der Waals surface area (Å²) in [6.45, 7) is 0.844. The average molecular weight is 271 g/mol. The topological polar surface area (TPSA) is 61.0 Å². The number of thioether (sulfide) groups is 1. The first-order valence-electron chi connectivity index (χ1n) is 6.03. The van der Waals surface area contributed by atoms with Gasteiger partial charge in [-0.25, -0.2) is 0 Å². The Balaban J connectivity index is 1.71. The largest absolute Gasteiger partial charge is 0.374 e. The molecule has 0 aliphatic carbocycles. The second-order valence-corrected chi connectivity index (χ2v) is 6.66. The number of hydrogen-bond donors (Lipinski definition) is 1. The second-order valence-electron chi connectivity index (χ2n) is 4.94. The van der Waals surface area contributed by atoms with E-state index in [9.17, 15) is 0 Å². The van der Waals surface area contributed by atoms with Gasteiger partial charge in [-0.2, -0.15) is 11.8 Å². The SMILES string of the molecule is NC(c1csnn1)C1CCOC2(CCSC2)C1. The normalized spacial score (nSPS) is 35.2. The molecule has 2 fully saturated rings. The molecular formula is C11H17N3OS2. The summed E-state index contributed by atoms with van der Waals surface area (Å²) in [7, 11) is 0. The van der Waals surface area contributed by atoms with Crippen molar-refractivity contribution in [3.8, 4) is 0 Å². The zero-order chi connectivity index (χ0) is 11.7. The molecule has 0 radical (unpaired) electrons. The van der Waals surface area contributed by atoms with Crippen LogP contribution in [0.2, 0.25) is 0 Å². The number of nitrogens with zero attached hydrogens (tertiary/aromatic N) is 2. The minimum absolute atomic E-state index is 0.0279. The highest BCUT2D eigenvalue weighted by atomic mass is 32.2. The van der Waals surface area contributed by atoms with Crippen molar-refractivity contribution in [3.63, 3.8) is 0 Å². The van der Waals surface area contributed by atoms with Gasteiger partial charge in [0.1, 0.15) is 0 Å². The van der Waals surface area contributed by atoms with Crippen molar-refractivity contribution in [2.75, 3.05) is 18.1 Å². The quantitative estimate of drug-likeness (QED) is 0.889. The zero-order valence-corrected chi connectivity index (χ0v) is 11.3. The molecule has 3 unspecified atom stereocenters. The molecule has 0 saturated carbocycles. The Morgan fingerprint density at radius 3 is 3.24 bits per heavy atom. The maximum Gasteiger partial charge on any atom is 0.0925 e. The minimum Gasteiger partial charge on any atom is -0.374 e. The van der Waals surface area contributed by atoms with E-state index in [1.807, 2.05) is 17.1 Å². The summed E-state index contributed by atoms with van der Waals surface area (Å²) in [6.07, 6.45) is 3.31. The molecule has 0 aromatic carbocycles. The summed E-state index contributed by atoms with van der Waals surface area (Å²) in [5.41, 5.74) is 7.36. The van der Waals surface area contributed by atoms with E-state index in [2.05, 4.69) is 9.59 Å². The fraction of sp³-hybridized carbons (Fsp3) is 0.818. The molecule has 17 heavy (non-hydrogen) atoms. The Morgan fingerprint density at radius 1 is 1.59 bits per heavy atom. The zero-order valence-electron chi connectivity index (χ0n) is 9.67. The maximum absolute atomic E-state index is 6.31. The molecule has 2 aliphatic rings. The molecule has 2 saturated heterocycles. The van der Waals surface area contributed by atoms with Crippen LogP contribution in [-0.4, -0.2) is 33.3 Å². The van der Waals surface area contributed by atoms with Gasteiger partial charge >= 0.3 is 0 Å². The molecule has 94 valence electrons. The van der Waals surface area contributed by atoms with Gasteiger partial charge in [-0.05, 0) is 42.5 Å². The average Bonchev–Trinajstić information content (AvgIpc) is 3.00. The lowest BCUT2D eigenvalue weighted by atomic mass is 9.81. The van der Waals surface area contributed by atoms with E-state index in [-0.39, 0.29) is 11.6 Å². The summed E-state index contributed by atoms with van der Waals surface area (Å²) >= 11 is 3.38. The van der Waals surface area contributed by atoms with Crippen LogP contribution in [0.1, 0.15) is 31.0 Å². The monoisotopic (exact) mass is 271 g/mol. The molecular weight excluding hydrogens is 254 g/mol. The first-order valence-corrected chi connectivity index (χ1v) is 8.02. The molecule has 6 heteroatoms. The van der Waals surface area contributed by atoms with Crippen LogP contribution in [0.4, 0.5) is 0 Å². The fourth-order valence-electron chi connectivity index (χ4n) is 2.79.